The molecule has 0 aromatic heterocycles. The van der Waals surface area contributed by atoms with Crippen LogP contribution >= 0.6 is 22.6 Å². The first-order chi connectivity index (χ1) is 12.7. The molecule has 0 bridgehead atoms. The molecule has 0 aliphatic heterocycles. The molecule has 0 saturated carbocycles. The largest absolute Gasteiger partial charge is 0.573 e. The second-order valence-corrected chi connectivity index (χ2v) is 6.73. The molecule has 9 heteroatoms. The highest BCUT2D eigenvalue weighted by molar-refractivity contribution is 14.1. The molecule has 0 aliphatic carbocycles. The van der Waals surface area contributed by atoms with E-state index >= 15 is 0 Å². The quantitative estimate of drug-likeness (QED) is 0.604. The van der Waals surface area contributed by atoms with E-state index in [1.165, 1.54) is 24.3 Å². The summed E-state index contributed by atoms with van der Waals surface area (Å²) in [4.78, 5) is 24.1. The van der Waals surface area contributed by atoms with Gasteiger partial charge in [0.2, 0.25) is 5.91 Å². The highest BCUT2D eigenvalue weighted by Gasteiger charge is 2.31. The third-order valence-corrected chi connectivity index (χ3v) is 4.46. The van der Waals surface area contributed by atoms with Gasteiger partial charge in [-0.3, -0.25) is 9.59 Å². The molecule has 0 spiro atoms. The lowest BCUT2D eigenvalue weighted by Crippen LogP contribution is -2.38. The fourth-order valence-electron chi connectivity index (χ4n) is 2.24. The molecule has 27 heavy (non-hydrogen) atoms. The number of carbonyl (C=O) groups is 2. The zero-order chi connectivity index (χ0) is 20.0. The number of ether oxygens (including phenoxy) is 1. The van der Waals surface area contributed by atoms with Gasteiger partial charge in [-0.25, -0.2) is 0 Å². The summed E-state index contributed by atoms with van der Waals surface area (Å²) in [6, 6.07) is 11.7. The van der Waals surface area contributed by atoms with Crippen molar-refractivity contribution in [1.82, 2.24) is 10.6 Å². The van der Waals surface area contributed by atoms with Crippen LogP contribution in [-0.4, -0.2) is 24.7 Å². The maximum absolute atomic E-state index is 12.2. The van der Waals surface area contributed by atoms with Crippen molar-refractivity contribution in [3.05, 3.63) is 63.2 Å². The number of alkyl halides is 3. The van der Waals surface area contributed by atoms with Crippen molar-refractivity contribution in [3.63, 3.8) is 0 Å². The average molecular weight is 492 g/mol. The van der Waals surface area contributed by atoms with Crippen LogP contribution in [-0.2, 0) is 4.79 Å². The molecule has 0 fully saturated rings. The van der Waals surface area contributed by atoms with Crippen LogP contribution in [0.3, 0.4) is 0 Å². The summed E-state index contributed by atoms with van der Waals surface area (Å²) in [7, 11) is 0. The number of hydrogen-bond donors (Lipinski definition) is 2. The first-order valence-electron chi connectivity index (χ1n) is 7.83. The second kappa shape index (κ2) is 9.07. The molecule has 0 heterocycles. The van der Waals surface area contributed by atoms with Crippen molar-refractivity contribution in [2.45, 2.75) is 19.3 Å². The summed E-state index contributed by atoms with van der Waals surface area (Å²) in [6.45, 7) is 1.46. The predicted molar refractivity (Wildman–Crippen MR) is 101 cm³/mol. The van der Waals surface area contributed by atoms with E-state index in [0.29, 0.717) is 11.1 Å². The lowest BCUT2D eigenvalue weighted by atomic mass is 10.1. The second-order valence-electron chi connectivity index (χ2n) is 5.57. The van der Waals surface area contributed by atoms with E-state index < -0.39 is 18.3 Å². The van der Waals surface area contributed by atoms with Gasteiger partial charge < -0.3 is 15.4 Å². The van der Waals surface area contributed by atoms with Crippen LogP contribution in [0, 0.1) is 3.57 Å². The number of nitrogens with one attached hydrogen (secondary N) is 2. The molecule has 2 aromatic carbocycles. The highest BCUT2D eigenvalue weighted by atomic mass is 127. The van der Waals surface area contributed by atoms with Gasteiger partial charge in [0.05, 0.1) is 18.2 Å². The van der Waals surface area contributed by atoms with E-state index in [1.54, 1.807) is 31.2 Å². The summed E-state index contributed by atoms with van der Waals surface area (Å²) in [5.74, 6) is -1.12. The minimum atomic E-state index is -4.75. The molecule has 1 unspecified atom stereocenters. The van der Waals surface area contributed by atoms with Crippen molar-refractivity contribution >= 4 is 34.4 Å². The number of rotatable bonds is 6. The molecule has 0 saturated heterocycles. The minimum Gasteiger partial charge on any atom is -0.406 e. The number of halogens is 4. The van der Waals surface area contributed by atoms with Crippen LogP contribution in [0.1, 0.15) is 28.9 Å². The Morgan fingerprint density at radius 2 is 1.74 bits per heavy atom. The number of amides is 2. The Bertz CT molecular complexity index is 810. The fourth-order valence-corrected chi connectivity index (χ4v) is 2.87. The predicted octanol–water partition coefficient (Wildman–Crippen LogP) is 3.80. The fraction of sp³-hybridized carbons (Fsp3) is 0.222. The van der Waals surface area contributed by atoms with Gasteiger partial charge in [-0.05, 0) is 59.3 Å². The molecule has 0 aliphatic rings. The van der Waals surface area contributed by atoms with Gasteiger partial charge >= 0.3 is 6.36 Å². The molecular weight excluding hydrogens is 476 g/mol. The van der Waals surface area contributed by atoms with E-state index in [9.17, 15) is 22.8 Å². The molecular formula is C18H16F3IN2O3. The van der Waals surface area contributed by atoms with Gasteiger partial charge in [-0.15, -0.1) is 13.2 Å². The van der Waals surface area contributed by atoms with Crippen molar-refractivity contribution in [2.75, 3.05) is 6.54 Å². The van der Waals surface area contributed by atoms with Gasteiger partial charge in [0.25, 0.3) is 5.91 Å². The van der Waals surface area contributed by atoms with Gasteiger partial charge in [0.15, 0.2) is 0 Å². The van der Waals surface area contributed by atoms with Crippen LogP contribution in [0.2, 0.25) is 0 Å². The van der Waals surface area contributed by atoms with E-state index in [-0.39, 0.29) is 18.2 Å². The normalized spacial score (nSPS) is 12.2. The summed E-state index contributed by atoms with van der Waals surface area (Å²) < 4.78 is 41.0. The smallest absolute Gasteiger partial charge is 0.406 e. The van der Waals surface area contributed by atoms with E-state index in [2.05, 4.69) is 15.4 Å². The van der Waals surface area contributed by atoms with Crippen molar-refractivity contribution < 1.29 is 27.5 Å². The van der Waals surface area contributed by atoms with Crippen molar-refractivity contribution in [2.24, 2.45) is 0 Å². The van der Waals surface area contributed by atoms with Gasteiger partial charge in [-0.2, -0.15) is 0 Å². The third-order valence-electron chi connectivity index (χ3n) is 3.52. The topological polar surface area (TPSA) is 67.4 Å². The Labute approximate surface area is 167 Å². The maximum atomic E-state index is 12.2. The average Bonchev–Trinajstić information content (AvgIpc) is 2.59. The highest BCUT2D eigenvalue weighted by Crippen LogP contribution is 2.24. The van der Waals surface area contributed by atoms with Crippen molar-refractivity contribution in [1.29, 1.82) is 0 Å². The maximum Gasteiger partial charge on any atom is 0.573 e. The summed E-state index contributed by atoms with van der Waals surface area (Å²) in [5, 5.41) is 5.20. The summed E-state index contributed by atoms with van der Waals surface area (Å²) in [6.07, 6.45) is -4.75. The Balaban J connectivity index is 1.86. The molecule has 1 atom stereocenters. The Hall–Kier alpha value is -2.30. The lowest BCUT2D eigenvalue weighted by Gasteiger charge is -2.16. The number of hydrogen-bond acceptors (Lipinski definition) is 3. The van der Waals surface area contributed by atoms with E-state index in [0.717, 1.165) is 3.57 Å². The molecule has 2 amide bonds. The minimum absolute atomic E-state index is 0.219. The molecule has 0 radical (unpaired) electrons. The monoisotopic (exact) mass is 492 g/mol. The van der Waals surface area contributed by atoms with E-state index in [4.69, 9.17) is 0 Å². The molecule has 2 N–H and O–H groups in total. The Morgan fingerprint density at radius 1 is 1.11 bits per heavy atom. The summed E-state index contributed by atoms with van der Waals surface area (Å²) in [5.41, 5.74) is 1.07. The van der Waals surface area contributed by atoms with Crippen molar-refractivity contribution in [3.8, 4) is 5.75 Å². The zero-order valence-corrected chi connectivity index (χ0v) is 16.3. The standard InChI is InChI=1S/C18H16F3IN2O3/c1-11(12-6-8-13(9-7-12)27-18(19,20)21)24-16(25)10-23-17(26)14-4-2-3-5-15(14)22/h2-9,11H,10H2,1H3,(H,23,26)(H,24,25). The first kappa shape index (κ1) is 21.0. The molecule has 144 valence electrons. The molecule has 2 rings (SSSR count). The SMILES string of the molecule is CC(NC(=O)CNC(=O)c1ccccc1I)c1ccc(OC(F)(F)F)cc1. The summed E-state index contributed by atoms with van der Waals surface area (Å²) >= 11 is 2.03. The van der Waals surface area contributed by atoms with Crippen LogP contribution in [0.4, 0.5) is 13.2 Å². The van der Waals surface area contributed by atoms with Gasteiger partial charge in [0, 0.05) is 3.57 Å². The van der Waals surface area contributed by atoms with Crippen LogP contribution in [0.5, 0.6) is 5.75 Å². The van der Waals surface area contributed by atoms with Crippen LogP contribution in [0.25, 0.3) is 0 Å². The third kappa shape index (κ3) is 6.74. The molecule has 2 aromatic rings. The van der Waals surface area contributed by atoms with Gasteiger partial charge in [-0.1, -0.05) is 24.3 Å². The zero-order valence-electron chi connectivity index (χ0n) is 14.1. The lowest BCUT2D eigenvalue weighted by molar-refractivity contribution is -0.274. The number of benzene rings is 2. The Kier molecular flexibility index (Phi) is 7.05. The van der Waals surface area contributed by atoms with Crippen LogP contribution in [0.15, 0.2) is 48.5 Å². The first-order valence-corrected chi connectivity index (χ1v) is 8.91. The van der Waals surface area contributed by atoms with Gasteiger partial charge in [0.1, 0.15) is 5.75 Å². The number of carbonyl (C=O) groups excluding carboxylic acids is 2. The van der Waals surface area contributed by atoms with Crippen LogP contribution < -0.4 is 15.4 Å². The van der Waals surface area contributed by atoms with E-state index in [1.807, 2.05) is 22.6 Å². The Morgan fingerprint density at radius 3 is 2.33 bits per heavy atom. The molecule has 5 nitrogen and oxygen atoms in total.